The number of aliphatic hydroxyl groups excluding tert-OH is 1. The number of hydrogen-bond acceptors (Lipinski definition) is 2. The van der Waals surface area contributed by atoms with Crippen LogP contribution in [-0.4, -0.2) is 29.1 Å². The molecule has 0 aliphatic carbocycles. The Hall–Kier alpha value is -0.860. The lowest BCUT2D eigenvalue weighted by Gasteiger charge is -2.29. The molecule has 0 spiro atoms. The molecule has 2 heteroatoms. The van der Waals surface area contributed by atoms with Crippen molar-refractivity contribution in [3.8, 4) is 0 Å². The maximum atomic E-state index is 10.2. The summed E-state index contributed by atoms with van der Waals surface area (Å²) in [5, 5.41) is 10.2. The van der Waals surface area contributed by atoms with E-state index in [-0.39, 0.29) is 6.10 Å². The monoisotopic (exact) mass is 263 g/mol. The van der Waals surface area contributed by atoms with Crippen LogP contribution in [0.2, 0.25) is 0 Å². The summed E-state index contributed by atoms with van der Waals surface area (Å²) in [6.45, 7) is 8.87. The molecular formula is C17H29NO. The van der Waals surface area contributed by atoms with Gasteiger partial charge >= 0.3 is 0 Å². The minimum Gasteiger partial charge on any atom is -0.388 e. The number of unbranched alkanes of at least 4 members (excludes halogenated alkanes) is 1. The first-order chi connectivity index (χ1) is 9.19. The zero-order valence-electron chi connectivity index (χ0n) is 12.7. The summed E-state index contributed by atoms with van der Waals surface area (Å²) in [6, 6.07) is 10.6. The average molecular weight is 263 g/mol. The van der Waals surface area contributed by atoms with E-state index in [0.717, 1.165) is 25.1 Å². The van der Waals surface area contributed by atoms with Crippen molar-refractivity contribution >= 4 is 0 Å². The number of nitrogens with zero attached hydrogens (tertiary/aromatic N) is 1. The minimum atomic E-state index is -0.339. The topological polar surface area (TPSA) is 23.5 Å². The van der Waals surface area contributed by atoms with Gasteiger partial charge in [0.05, 0.1) is 6.10 Å². The largest absolute Gasteiger partial charge is 0.388 e. The SMILES string of the molecule is CCCCN(CCC(O)c1ccccc1)C(C)CC. The van der Waals surface area contributed by atoms with Crippen LogP contribution in [0.4, 0.5) is 0 Å². The molecule has 2 nitrogen and oxygen atoms in total. The van der Waals surface area contributed by atoms with Gasteiger partial charge in [-0.15, -0.1) is 0 Å². The van der Waals surface area contributed by atoms with Crippen molar-refractivity contribution < 1.29 is 5.11 Å². The maximum Gasteiger partial charge on any atom is 0.0802 e. The molecule has 1 aromatic carbocycles. The van der Waals surface area contributed by atoms with E-state index < -0.39 is 0 Å². The second-order valence-corrected chi connectivity index (χ2v) is 5.36. The zero-order chi connectivity index (χ0) is 14.1. The molecule has 0 fully saturated rings. The molecule has 0 aliphatic rings. The van der Waals surface area contributed by atoms with Crippen molar-refractivity contribution in [2.45, 2.75) is 58.6 Å². The Balaban J connectivity index is 2.46. The molecule has 0 saturated heterocycles. The quantitative estimate of drug-likeness (QED) is 0.727. The molecule has 2 atom stereocenters. The lowest BCUT2D eigenvalue weighted by molar-refractivity contribution is 0.124. The minimum absolute atomic E-state index is 0.339. The highest BCUT2D eigenvalue weighted by Crippen LogP contribution is 2.17. The van der Waals surface area contributed by atoms with Crippen molar-refractivity contribution in [1.82, 2.24) is 4.90 Å². The summed E-state index contributed by atoms with van der Waals surface area (Å²) in [7, 11) is 0. The van der Waals surface area contributed by atoms with Crippen LogP contribution < -0.4 is 0 Å². The first kappa shape index (κ1) is 16.2. The van der Waals surface area contributed by atoms with Gasteiger partial charge in [0.1, 0.15) is 0 Å². The Labute approximate surface area is 118 Å². The van der Waals surface area contributed by atoms with Gasteiger partial charge in [-0.05, 0) is 38.3 Å². The lowest BCUT2D eigenvalue weighted by atomic mass is 10.1. The molecular weight excluding hydrogens is 234 g/mol. The Morgan fingerprint density at radius 2 is 1.79 bits per heavy atom. The van der Waals surface area contributed by atoms with E-state index in [1.54, 1.807) is 0 Å². The predicted molar refractivity (Wildman–Crippen MR) is 82.3 cm³/mol. The van der Waals surface area contributed by atoms with E-state index in [9.17, 15) is 5.11 Å². The fraction of sp³-hybridized carbons (Fsp3) is 0.647. The van der Waals surface area contributed by atoms with Gasteiger partial charge in [-0.3, -0.25) is 0 Å². The van der Waals surface area contributed by atoms with Gasteiger partial charge in [0.2, 0.25) is 0 Å². The highest BCUT2D eigenvalue weighted by molar-refractivity contribution is 5.17. The van der Waals surface area contributed by atoms with Crippen LogP contribution in [-0.2, 0) is 0 Å². The van der Waals surface area contributed by atoms with Crippen molar-refractivity contribution in [3.05, 3.63) is 35.9 Å². The molecule has 1 N–H and O–H groups in total. The summed E-state index contributed by atoms with van der Waals surface area (Å²) < 4.78 is 0. The zero-order valence-corrected chi connectivity index (χ0v) is 12.7. The standard InChI is InChI=1S/C17H29NO/c1-4-6-13-18(15(3)5-2)14-12-17(19)16-10-8-7-9-11-16/h7-11,15,17,19H,4-6,12-14H2,1-3H3. The van der Waals surface area contributed by atoms with Gasteiger partial charge < -0.3 is 10.0 Å². The van der Waals surface area contributed by atoms with Crippen LogP contribution in [0.1, 0.15) is 58.1 Å². The third-order valence-corrected chi connectivity index (χ3v) is 3.89. The van der Waals surface area contributed by atoms with Gasteiger partial charge in [-0.1, -0.05) is 50.6 Å². The van der Waals surface area contributed by atoms with Crippen molar-refractivity contribution in [2.75, 3.05) is 13.1 Å². The lowest BCUT2D eigenvalue weighted by Crippen LogP contribution is -2.35. The molecule has 19 heavy (non-hydrogen) atoms. The first-order valence-electron chi connectivity index (χ1n) is 7.66. The van der Waals surface area contributed by atoms with Crippen LogP contribution in [0.3, 0.4) is 0 Å². The fourth-order valence-corrected chi connectivity index (χ4v) is 2.30. The van der Waals surface area contributed by atoms with E-state index >= 15 is 0 Å². The molecule has 1 rings (SSSR count). The highest BCUT2D eigenvalue weighted by atomic mass is 16.3. The van der Waals surface area contributed by atoms with Crippen LogP contribution in [0.15, 0.2) is 30.3 Å². The Bertz CT molecular complexity index is 325. The van der Waals surface area contributed by atoms with Gasteiger partial charge in [0.25, 0.3) is 0 Å². The number of hydrogen-bond donors (Lipinski definition) is 1. The van der Waals surface area contributed by atoms with E-state index in [1.165, 1.54) is 19.3 Å². The highest BCUT2D eigenvalue weighted by Gasteiger charge is 2.14. The molecule has 0 amide bonds. The summed E-state index contributed by atoms with van der Waals surface area (Å²) in [5.74, 6) is 0. The van der Waals surface area contributed by atoms with Gasteiger partial charge in [0.15, 0.2) is 0 Å². The van der Waals surface area contributed by atoms with Gasteiger partial charge in [-0.2, -0.15) is 0 Å². The first-order valence-corrected chi connectivity index (χ1v) is 7.66. The summed E-state index contributed by atoms with van der Waals surface area (Å²) in [6.07, 6.45) is 4.12. The van der Waals surface area contributed by atoms with E-state index in [2.05, 4.69) is 25.7 Å². The smallest absolute Gasteiger partial charge is 0.0802 e. The Morgan fingerprint density at radius 1 is 1.11 bits per heavy atom. The van der Waals surface area contributed by atoms with Crippen molar-refractivity contribution in [3.63, 3.8) is 0 Å². The third kappa shape index (κ3) is 5.75. The second kappa shape index (κ2) is 9.11. The van der Waals surface area contributed by atoms with Crippen LogP contribution >= 0.6 is 0 Å². The van der Waals surface area contributed by atoms with E-state index in [0.29, 0.717) is 6.04 Å². The van der Waals surface area contributed by atoms with Crippen LogP contribution in [0.25, 0.3) is 0 Å². The van der Waals surface area contributed by atoms with Crippen LogP contribution in [0.5, 0.6) is 0 Å². The number of aliphatic hydroxyl groups is 1. The van der Waals surface area contributed by atoms with Crippen molar-refractivity contribution in [1.29, 1.82) is 0 Å². The summed E-state index contributed by atoms with van der Waals surface area (Å²) in [4.78, 5) is 2.51. The number of rotatable bonds is 9. The van der Waals surface area contributed by atoms with Crippen LogP contribution in [0, 0.1) is 0 Å². The van der Waals surface area contributed by atoms with E-state index in [1.807, 2.05) is 30.3 Å². The maximum absolute atomic E-state index is 10.2. The molecule has 108 valence electrons. The number of benzene rings is 1. The van der Waals surface area contributed by atoms with Gasteiger partial charge in [0, 0.05) is 12.6 Å². The summed E-state index contributed by atoms with van der Waals surface area (Å²) >= 11 is 0. The molecule has 0 bridgehead atoms. The average Bonchev–Trinajstić information content (AvgIpc) is 2.47. The van der Waals surface area contributed by atoms with Crippen molar-refractivity contribution in [2.24, 2.45) is 0 Å². The van der Waals surface area contributed by atoms with Gasteiger partial charge in [-0.25, -0.2) is 0 Å². The fourth-order valence-electron chi connectivity index (χ4n) is 2.30. The molecule has 0 aromatic heterocycles. The normalized spacial score (nSPS) is 14.6. The molecule has 0 radical (unpaired) electrons. The molecule has 0 heterocycles. The third-order valence-electron chi connectivity index (χ3n) is 3.89. The predicted octanol–water partition coefficient (Wildman–Crippen LogP) is 4.01. The van der Waals surface area contributed by atoms with E-state index in [4.69, 9.17) is 0 Å². The Kier molecular flexibility index (Phi) is 7.76. The molecule has 0 aliphatic heterocycles. The molecule has 0 saturated carbocycles. The molecule has 2 unspecified atom stereocenters. The summed E-state index contributed by atoms with van der Waals surface area (Å²) in [5.41, 5.74) is 1.03. The molecule has 1 aromatic rings. The second-order valence-electron chi connectivity index (χ2n) is 5.36. The Morgan fingerprint density at radius 3 is 2.37 bits per heavy atom.